The van der Waals surface area contributed by atoms with Crippen molar-refractivity contribution in [2.24, 2.45) is 0 Å². The lowest BCUT2D eigenvalue weighted by Gasteiger charge is -2.27. The Morgan fingerprint density at radius 2 is 2.18 bits per heavy atom. The van der Waals surface area contributed by atoms with Gasteiger partial charge in [-0.3, -0.25) is 4.98 Å². The summed E-state index contributed by atoms with van der Waals surface area (Å²) in [5.41, 5.74) is 2.47. The molecule has 0 aliphatic rings. The van der Waals surface area contributed by atoms with Crippen LogP contribution < -0.4 is 5.32 Å². The van der Waals surface area contributed by atoms with Crippen molar-refractivity contribution in [2.45, 2.75) is 52.3 Å². The number of hydrogen-bond donors (Lipinski definition) is 1. The van der Waals surface area contributed by atoms with Gasteiger partial charge in [-0.05, 0) is 51.3 Å². The summed E-state index contributed by atoms with van der Waals surface area (Å²) in [5.74, 6) is 0. The molecule has 1 heterocycles. The maximum atomic E-state index is 5.43. The second kappa shape index (κ2) is 6.12. The van der Waals surface area contributed by atoms with Crippen LogP contribution in [-0.2, 0) is 11.3 Å². The van der Waals surface area contributed by atoms with E-state index in [2.05, 4.69) is 38.0 Å². The van der Waals surface area contributed by atoms with Crippen molar-refractivity contribution in [1.82, 2.24) is 10.3 Å². The summed E-state index contributed by atoms with van der Waals surface area (Å²) >= 11 is 0. The predicted octanol–water partition coefficient (Wildman–Crippen LogP) is 2.68. The number of hydrogen-bond acceptors (Lipinski definition) is 3. The molecule has 0 amide bonds. The van der Waals surface area contributed by atoms with E-state index in [0.717, 1.165) is 13.0 Å². The van der Waals surface area contributed by atoms with Gasteiger partial charge in [0.1, 0.15) is 0 Å². The average Bonchev–Trinajstić information content (AvgIpc) is 2.27. The molecule has 0 aliphatic carbocycles. The van der Waals surface area contributed by atoms with E-state index < -0.39 is 0 Å². The van der Waals surface area contributed by atoms with Gasteiger partial charge in [-0.15, -0.1) is 0 Å². The summed E-state index contributed by atoms with van der Waals surface area (Å²) in [5, 5.41) is 3.51. The fraction of sp³-hybridized carbons (Fsp3) is 0.643. The van der Waals surface area contributed by atoms with Crippen molar-refractivity contribution in [3.63, 3.8) is 0 Å². The average molecular weight is 236 g/mol. The quantitative estimate of drug-likeness (QED) is 0.824. The van der Waals surface area contributed by atoms with E-state index >= 15 is 0 Å². The van der Waals surface area contributed by atoms with Crippen LogP contribution in [0.1, 0.15) is 38.3 Å². The summed E-state index contributed by atoms with van der Waals surface area (Å²) in [6, 6.07) is 2.46. The molecule has 0 bridgehead atoms. The molecule has 0 spiro atoms. The lowest BCUT2D eigenvalue weighted by molar-refractivity contribution is 0.00844. The minimum atomic E-state index is -0.0730. The Kier molecular flexibility index (Phi) is 5.09. The van der Waals surface area contributed by atoms with Crippen LogP contribution in [0.4, 0.5) is 0 Å². The third-order valence-electron chi connectivity index (χ3n) is 3.14. The maximum absolute atomic E-state index is 5.43. The lowest BCUT2D eigenvalue weighted by atomic mass is 9.99. The van der Waals surface area contributed by atoms with Crippen LogP contribution in [0.3, 0.4) is 0 Å². The summed E-state index contributed by atoms with van der Waals surface area (Å²) in [6.07, 6.45) is 4.75. The van der Waals surface area contributed by atoms with Crippen LogP contribution in [0.5, 0.6) is 0 Å². The van der Waals surface area contributed by atoms with E-state index in [0.29, 0.717) is 6.04 Å². The van der Waals surface area contributed by atoms with E-state index in [-0.39, 0.29) is 5.60 Å². The smallest absolute Gasteiger partial charge is 0.0637 e. The zero-order valence-electron chi connectivity index (χ0n) is 11.6. The molecule has 3 heteroatoms. The molecule has 1 atom stereocenters. The Hall–Kier alpha value is -0.930. The van der Waals surface area contributed by atoms with E-state index in [1.165, 1.54) is 11.1 Å². The lowest BCUT2D eigenvalue weighted by Crippen LogP contribution is -2.35. The van der Waals surface area contributed by atoms with Gasteiger partial charge in [0.25, 0.3) is 0 Å². The molecule has 0 fully saturated rings. The van der Waals surface area contributed by atoms with Gasteiger partial charge in [-0.25, -0.2) is 0 Å². The van der Waals surface area contributed by atoms with Crippen LogP contribution in [-0.4, -0.2) is 23.7 Å². The van der Waals surface area contributed by atoms with Crippen molar-refractivity contribution in [2.75, 3.05) is 7.11 Å². The Morgan fingerprint density at radius 1 is 1.47 bits per heavy atom. The topological polar surface area (TPSA) is 34.1 Å². The van der Waals surface area contributed by atoms with Crippen molar-refractivity contribution < 1.29 is 4.74 Å². The van der Waals surface area contributed by atoms with Crippen molar-refractivity contribution >= 4 is 0 Å². The Labute approximate surface area is 105 Å². The third-order valence-corrected chi connectivity index (χ3v) is 3.14. The molecule has 17 heavy (non-hydrogen) atoms. The first-order valence-electron chi connectivity index (χ1n) is 6.12. The molecule has 3 nitrogen and oxygen atoms in total. The highest BCUT2D eigenvalue weighted by molar-refractivity contribution is 5.21. The van der Waals surface area contributed by atoms with Crippen LogP contribution in [0, 0.1) is 6.92 Å². The first-order chi connectivity index (χ1) is 7.94. The Morgan fingerprint density at radius 3 is 2.76 bits per heavy atom. The van der Waals surface area contributed by atoms with E-state index in [1.54, 1.807) is 7.11 Å². The summed E-state index contributed by atoms with van der Waals surface area (Å²) in [6.45, 7) is 9.39. The molecule has 0 aliphatic heterocycles. The SMILES string of the molecule is COC(C)(C)CC(C)NCc1cnccc1C. The molecule has 0 saturated carbocycles. The van der Waals surface area contributed by atoms with Crippen molar-refractivity contribution in [3.8, 4) is 0 Å². The first-order valence-corrected chi connectivity index (χ1v) is 6.12. The van der Waals surface area contributed by atoms with E-state index in [4.69, 9.17) is 4.74 Å². The minimum absolute atomic E-state index is 0.0730. The maximum Gasteiger partial charge on any atom is 0.0637 e. The molecule has 0 radical (unpaired) electrons. The number of nitrogens with one attached hydrogen (secondary N) is 1. The number of nitrogens with zero attached hydrogens (tertiary/aromatic N) is 1. The monoisotopic (exact) mass is 236 g/mol. The fourth-order valence-electron chi connectivity index (χ4n) is 1.86. The third kappa shape index (κ3) is 4.84. The van der Waals surface area contributed by atoms with Crippen LogP contribution >= 0.6 is 0 Å². The van der Waals surface area contributed by atoms with Crippen LogP contribution in [0.15, 0.2) is 18.5 Å². The molecule has 1 aromatic rings. The largest absolute Gasteiger partial charge is 0.379 e. The molecule has 0 aromatic carbocycles. The molecular weight excluding hydrogens is 212 g/mol. The minimum Gasteiger partial charge on any atom is -0.379 e. The highest BCUT2D eigenvalue weighted by Crippen LogP contribution is 2.15. The van der Waals surface area contributed by atoms with E-state index in [9.17, 15) is 0 Å². The predicted molar refractivity (Wildman–Crippen MR) is 71.0 cm³/mol. The van der Waals surface area contributed by atoms with Gasteiger partial charge >= 0.3 is 0 Å². The Balaban J connectivity index is 2.44. The van der Waals surface area contributed by atoms with E-state index in [1.807, 2.05) is 18.5 Å². The Bertz CT molecular complexity index is 350. The normalized spacial score (nSPS) is 13.7. The zero-order valence-corrected chi connectivity index (χ0v) is 11.6. The molecule has 1 unspecified atom stereocenters. The summed E-state index contributed by atoms with van der Waals surface area (Å²) in [7, 11) is 1.76. The number of aryl methyl sites for hydroxylation is 1. The molecule has 1 aromatic heterocycles. The van der Waals surface area contributed by atoms with Gasteiger partial charge in [-0.2, -0.15) is 0 Å². The van der Waals surface area contributed by atoms with Crippen molar-refractivity contribution in [1.29, 1.82) is 0 Å². The highest BCUT2D eigenvalue weighted by Gasteiger charge is 2.19. The molecule has 0 saturated heterocycles. The standard InChI is InChI=1S/C14H24N2O/c1-11-6-7-15-9-13(11)10-16-12(2)8-14(3,4)17-5/h6-7,9,12,16H,8,10H2,1-5H3. The van der Waals surface area contributed by atoms with Crippen molar-refractivity contribution in [3.05, 3.63) is 29.6 Å². The van der Waals surface area contributed by atoms with Gasteiger partial charge in [0, 0.05) is 32.1 Å². The fourth-order valence-corrected chi connectivity index (χ4v) is 1.86. The second-order valence-corrected chi connectivity index (χ2v) is 5.25. The highest BCUT2D eigenvalue weighted by atomic mass is 16.5. The molecule has 96 valence electrons. The molecular formula is C14H24N2O. The van der Waals surface area contributed by atoms with Crippen LogP contribution in [0.25, 0.3) is 0 Å². The molecule has 1 N–H and O–H groups in total. The zero-order chi connectivity index (χ0) is 12.9. The number of methoxy groups -OCH3 is 1. The van der Waals surface area contributed by atoms with Gasteiger partial charge < -0.3 is 10.1 Å². The number of pyridine rings is 1. The van der Waals surface area contributed by atoms with Gasteiger partial charge in [0.05, 0.1) is 5.60 Å². The summed E-state index contributed by atoms with van der Waals surface area (Å²) in [4.78, 5) is 4.15. The van der Waals surface area contributed by atoms with Gasteiger partial charge in [0.15, 0.2) is 0 Å². The second-order valence-electron chi connectivity index (χ2n) is 5.25. The summed E-state index contributed by atoms with van der Waals surface area (Å²) < 4.78 is 5.43. The number of ether oxygens (including phenoxy) is 1. The number of aromatic nitrogens is 1. The first kappa shape index (κ1) is 14.1. The molecule has 1 rings (SSSR count). The number of rotatable bonds is 6. The van der Waals surface area contributed by atoms with Crippen LogP contribution in [0.2, 0.25) is 0 Å². The van der Waals surface area contributed by atoms with Gasteiger partial charge in [0.2, 0.25) is 0 Å². The van der Waals surface area contributed by atoms with Gasteiger partial charge in [-0.1, -0.05) is 0 Å².